The molecule has 0 aliphatic carbocycles. The third-order valence-corrected chi connectivity index (χ3v) is 6.89. The van der Waals surface area contributed by atoms with E-state index in [1.807, 2.05) is 33.8 Å². The highest BCUT2D eigenvalue weighted by Gasteiger charge is 2.26. The van der Waals surface area contributed by atoms with Crippen molar-refractivity contribution >= 4 is 17.0 Å². The Labute approximate surface area is 225 Å². The number of hydrogen-bond acceptors (Lipinski definition) is 6. The van der Waals surface area contributed by atoms with Gasteiger partial charge in [0.05, 0.1) is 11.0 Å². The number of esters is 1. The number of pyridine rings is 1. The van der Waals surface area contributed by atoms with Gasteiger partial charge in [-0.3, -0.25) is 9.59 Å². The van der Waals surface area contributed by atoms with Gasteiger partial charge in [-0.1, -0.05) is 19.9 Å². The third-order valence-electron chi connectivity index (χ3n) is 6.89. The molecule has 8 nitrogen and oxygen atoms in total. The number of rotatable bonds is 9. The Hall–Kier alpha value is -2.97. The van der Waals surface area contributed by atoms with Crippen molar-refractivity contribution in [1.82, 2.24) is 19.9 Å². The van der Waals surface area contributed by atoms with Crippen LogP contribution in [0.4, 0.5) is 0 Å². The molecule has 3 heterocycles. The summed E-state index contributed by atoms with van der Waals surface area (Å²) >= 11 is 0. The van der Waals surface area contributed by atoms with Crippen molar-refractivity contribution in [3.05, 3.63) is 51.9 Å². The van der Waals surface area contributed by atoms with E-state index in [9.17, 15) is 9.59 Å². The van der Waals surface area contributed by atoms with E-state index in [2.05, 4.69) is 46.9 Å². The first kappa shape index (κ1) is 28.0. The number of carbonyl (C=O) groups is 1. The number of aromatic amines is 1. The highest BCUT2D eigenvalue weighted by Crippen LogP contribution is 2.29. The molecule has 2 N–H and O–H groups in total. The van der Waals surface area contributed by atoms with Crippen LogP contribution in [0, 0.1) is 18.8 Å². The highest BCUT2D eigenvalue weighted by atomic mass is 16.6. The fourth-order valence-corrected chi connectivity index (χ4v) is 4.95. The average Bonchev–Trinajstić information content (AvgIpc) is 3.20. The first-order valence-corrected chi connectivity index (χ1v) is 13.7. The lowest BCUT2D eigenvalue weighted by atomic mass is 10.00. The molecule has 0 radical (unpaired) electrons. The molecule has 38 heavy (non-hydrogen) atoms. The first-order valence-electron chi connectivity index (χ1n) is 13.7. The molecular weight excluding hydrogens is 480 g/mol. The number of H-pyrrole nitrogens is 1. The summed E-state index contributed by atoms with van der Waals surface area (Å²) in [5, 5.41) is 3.42. The van der Waals surface area contributed by atoms with E-state index in [0.29, 0.717) is 30.4 Å². The van der Waals surface area contributed by atoms with Gasteiger partial charge in [-0.25, -0.2) is 4.98 Å². The number of imidazole rings is 1. The zero-order chi connectivity index (χ0) is 27.4. The Balaban J connectivity index is 1.62. The average molecular weight is 523 g/mol. The van der Waals surface area contributed by atoms with Gasteiger partial charge < -0.3 is 24.3 Å². The zero-order valence-corrected chi connectivity index (χ0v) is 23.6. The number of aryl methyl sites for hydroxylation is 1. The van der Waals surface area contributed by atoms with E-state index in [1.165, 1.54) is 0 Å². The van der Waals surface area contributed by atoms with Crippen molar-refractivity contribution in [3.63, 3.8) is 0 Å². The molecule has 3 aromatic rings. The lowest BCUT2D eigenvalue weighted by Gasteiger charge is -2.25. The molecule has 1 aliphatic heterocycles. The van der Waals surface area contributed by atoms with E-state index < -0.39 is 5.60 Å². The molecule has 1 unspecified atom stereocenters. The van der Waals surface area contributed by atoms with Crippen LogP contribution < -0.4 is 10.9 Å². The topological polar surface area (TPSA) is 98.2 Å². The summed E-state index contributed by atoms with van der Waals surface area (Å²) in [6, 6.07) is 7.83. The Morgan fingerprint density at radius 2 is 1.97 bits per heavy atom. The molecule has 1 aromatic carbocycles. The minimum atomic E-state index is -0.527. The number of nitrogens with zero attached hydrogens (tertiary/aromatic N) is 2. The molecule has 0 bridgehead atoms. The van der Waals surface area contributed by atoms with Crippen LogP contribution in [0.5, 0.6) is 0 Å². The quantitative estimate of drug-likeness (QED) is 0.385. The molecule has 0 saturated carbocycles. The van der Waals surface area contributed by atoms with Crippen molar-refractivity contribution in [2.24, 2.45) is 11.8 Å². The molecule has 4 rings (SSSR count). The molecule has 0 amide bonds. The summed E-state index contributed by atoms with van der Waals surface area (Å²) < 4.78 is 13.5. The summed E-state index contributed by atoms with van der Waals surface area (Å²) in [5.41, 5.74) is 3.95. The first-order chi connectivity index (χ1) is 18.0. The van der Waals surface area contributed by atoms with Gasteiger partial charge in [-0.15, -0.1) is 0 Å². The molecule has 2 aromatic heterocycles. The molecule has 1 aliphatic rings. The van der Waals surface area contributed by atoms with Gasteiger partial charge in [0.2, 0.25) is 0 Å². The van der Waals surface area contributed by atoms with Crippen LogP contribution in [-0.4, -0.2) is 45.4 Å². The van der Waals surface area contributed by atoms with Crippen molar-refractivity contribution in [2.75, 3.05) is 13.2 Å². The second-order valence-corrected chi connectivity index (χ2v) is 11.9. The van der Waals surface area contributed by atoms with Crippen LogP contribution in [-0.2, 0) is 27.4 Å². The molecule has 206 valence electrons. The molecule has 0 spiro atoms. The van der Waals surface area contributed by atoms with Gasteiger partial charge in [-0.05, 0) is 82.6 Å². The number of ether oxygens (including phenoxy) is 2. The maximum Gasteiger partial charge on any atom is 0.323 e. The summed E-state index contributed by atoms with van der Waals surface area (Å²) in [6.07, 6.45) is 4.49. The lowest BCUT2D eigenvalue weighted by molar-refractivity contribution is -0.158. The molecule has 1 fully saturated rings. The Kier molecular flexibility index (Phi) is 8.73. The van der Waals surface area contributed by atoms with E-state index >= 15 is 0 Å². The van der Waals surface area contributed by atoms with E-state index in [4.69, 9.17) is 14.5 Å². The van der Waals surface area contributed by atoms with Crippen LogP contribution in [0.2, 0.25) is 0 Å². The fraction of sp³-hybridized carbons (Fsp3) is 0.567. The van der Waals surface area contributed by atoms with Crippen molar-refractivity contribution in [2.45, 2.75) is 85.5 Å². The van der Waals surface area contributed by atoms with Crippen molar-refractivity contribution in [1.29, 1.82) is 0 Å². The maximum atomic E-state index is 12.8. The maximum absolute atomic E-state index is 12.8. The number of benzene rings is 1. The van der Waals surface area contributed by atoms with E-state index in [1.54, 1.807) is 6.20 Å². The van der Waals surface area contributed by atoms with Gasteiger partial charge in [0.1, 0.15) is 17.5 Å². The van der Waals surface area contributed by atoms with Gasteiger partial charge in [0.25, 0.3) is 5.56 Å². The largest absolute Gasteiger partial charge is 0.459 e. The fourth-order valence-electron chi connectivity index (χ4n) is 4.95. The van der Waals surface area contributed by atoms with Crippen LogP contribution in [0.15, 0.2) is 35.3 Å². The van der Waals surface area contributed by atoms with Gasteiger partial charge in [0.15, 0.2) is 0 Å². The Morgan fingerprint density at radius 1 is 1.24 bits per heavy atom. The van der Waals surface area contributed by atoms with Crippen LogP contribution in [0.1, 0.15) is 65.0 Å². The monoisotopic (exact) mass is 522 g/mol. The van der Waals surface area contributed by atoms with E-state index in [-0.39, 0.29) is 17.6 Å². The summed E-state index contributed by atoms with van der Waals surface area (Å²) in [7, 11) is 0. The molecule has 1 atom stereocenters. The van der Waals surface area contributed by atoms with Gasteiger partial charge in [-0.2, -0.15) is 0 Å². The zero-order valence-electron chi connectivity index (χ0n) is 23.6. The van der Waals surface area contributed by atoms with E-state index in [0.717, 1.165) is 60.6 Å². The minimum absolute atomic E-state index is 0.0878. The number of hydrogen-bond donors (Lipinski definition) is 2. The molecule has 8 heteroatoms. The third kappa shape index (κ3) is 7.11. The van der Waals surface area contributed by atoms with Crippen molar-refractivity contribution in [3.8, 4) is 11.4 Å². The number of aromatic nitrogens is 3. The standard InChI is InChI=1S/C30H42N4O4/c1-19(2)13-25(29(36)38-30(4,5)6)31-16-22-7-8-26-24(15-22)33-27(23-14-20(3)28(35)32-17-23)34(26)18-21-9-11-37-12-10-21/h7-8,14-15,17,19,21,25,31H,9-13,16,18H2,1-6H3,(H,32,35). The normalized spacial score (nSPS) is 15.8. The second kappa shape index (κ2) is 11.8. The number of fused-ring (bicyclic) bond motifs is 1. The van der Waals surface area contributed by atoms with Gasteiger partial charge in [0, 0.05) is 43.6 Å². The van der Waals surface area contributed by atoms with Gasteiger partial charge >= 0.3 is 5.97 Å². The Bertz CT molecular complexity index is 1310. The minimum Gasteiger partial charge on any atom is -0.459 e. The van der Waals surface area contributed by atoms with Crippen molar-refractivity contribution < 1.29 is 14.3 Å². The molecular formula is C30H42N4O4. The van der Waals surface area contributed by atoms with Crippen LogP contribution in [0.3, 0.4) is 0 Å². The number of nitrogens with one attached hydrogen (secondary N) is 2. The summed E-state index contributed by atoms with van der Waals surface area (Å²) in [5.74, 6) is 1.49. The predicted molar refractivity (Wildman–Crippen MR) is 150 cm³/mol. The summed E-state index contributed by atoms with van der Waals surface area (Å²) in [4.78, 5) is 32.7. The SMILES string of the molecule is Cc1cc(-c2nc3cc(CNC(CC(C)C)C(=O)OC(C)(C)C)ccc3n2CC2CCOCC2)c[nH]c1=O. The second-order valence-electron chi connectivity index (χ2n) is 11.9. The molecule has 1 saturated heterocycles. The highest BCUT2D eigenvalue weighted by molar-refractivity contribution is 5.81. The lowest BCUT2D eigenvalue weighted by Crippen LogP contribution is -2.41. The smallest absolute Gasteiger partial charge is 0.323 e. The van der Waals surface area contributed by atoms with Crippen LogP contribution >= 0.6 is 0 Å². The predicted octanol–water partition coefficient (Wildman–Crippen LogP) is 4.97. The van der Waals surface area contributed by atoms with Crippen LogP contribution in [0.25, 0.3) is 22.4 Å². The Morgan fingerprint density at radius 3 is 2.63 bits per heavy atom. The summed E-state index contributed by atoms with van der Waals surface area (Å²) in [6.45, 7) is 14.7. The number of carbonyl (C=O) groups excluding carboxylic acids is 1.